The molecule has 0 aromatic rings. The first-order chi connectivity index (χ1) is 41.0. The topological polar surface area (TPSA) is 108 Å². The summed E-state index contributed by atoms with van der Waals surface area (Å²) in [5, 5.41) is 14.0. The van der Waals surface area contributed by atoms with E-state index < -0.39 is 20.0 Å². The zero-order valence-electron chi connectivity index (χ0n) is 57.4. The van der Waals surface area contributed by atoms with Gasteiger partial charge in [-0.1, -0.05) is 372 Å². The lowest BCUT2D eigenvalue weighted by molar-refractivity contribution is -0.870. The maximum atomic E-state index is 13.1. The van der Waals surface area contributed by atoms with E-state index in [4.69, 9.17) is 9.05 Å². The number of phosphoric ester groups is 1. The van der Waals surface area contributed by atoms with Crippen LogP contribution in [-0.4, -0.2) is 68.5 Å². The van der Waals surface area contributed by atoms with Gasteiger partial charge in [0.2, 0.25) is 5.91 Å². The van der Waals surface area contributed by atoms with Crippen molar-refractivity contribution in [1.82, 2.24) is 5.32 Å². The summed E-state index contributed by atoms with van der Waals surface area (Å²) in [6, 6.07) is -0.885. The Balaban J connectivity index is 3.97. The van der Waals surface area contributed by atoms with Crippen LogP contribution in [0.2, 0.25) is 0 Å². The van der Waals surface area contributed by atoms with Gasteiger partial charge in [-0.15, -0.1) is 0 Å². The number of quaternary nitrogens is 1. The monoisotopic (exact) mass is 1210 g/mol. The van der Waals surface area contributed by atoms with Crippen molar-refractivity contribution in [3.63, 3.8) is 0 Å². The minimum atomic E-state index is -4.60. The Morgan fingerprint density at radius 2 is 0.655 bits per heavy atom. The number of allylic oxidation sites excluding steroid dienone is 3. The second kappa shape index (κ2) is 66.4. The Morgan fingerprint density at radius 3 is 0.929 bits per heavy atom. The molecule has 0 aliphatic rings. The Bertz CT molecular complexity index is 1420. The summed E-state index contributed by atoms with van der Waals surface area (Å²) >= 11 is 0. The van der Waals surface area contributed by atoms with Gasteiger partial charge in [0.15, 0.2) is 0 Å². The number of phosphoric acid groups is 1. The fourth-order valence-corrected chi connectivity index (χ4v) is 12.5. The second-order valence-electron chi connectivity index (χ2n) is 27.4. The predicted molar refractivity (Wildman–Crippen MR) is 367 cm³/mol. The van der Waals surface area contributed by atoms with Crippen LogP contribution in [0.5, 0.6) is 0 Å². The van der Waals surface area contributed by atoms with Crippen LogP contribution in [0.15, 0.2) is 24.3 Å². The summed E-state index contributed by atoms with van der Waals surface area (Å²) in [5.74, 6) is -0.187. The van der Waals surface area contributed by atoms with Crippen molar-refractivity contribution in [3.05, 3.63) is 24.3 Å². The van der Waals surface area contributed by atoms with Crippen molar-refractivity contribution in [2.45, 2.75) is 411 Å². The van der Waals surface area contributed by atoms with E-state index in [1.807, 2.05) is 27.2 Å². The smallest absolute Gasteiger partial charge is 0.268 e. The van der Waals surface area contributed by atoms with Gasteiger partial charge in [-0.3, -0.25) is 9.36 Å². The quantitative estimate of drug-likeness (QED) is 0.0272. The van der Waals surface area contributed by atoms with E-state index in [-0.39, 0.29) is 19.1 Å². The summed E-state index contributed by atoms with van der Waals surface area (Å²) in [4.78, 5) is 25.7. The van der Waals surface area contributed by atoms with Gasteiger partial charge in [-0.2, -0.15) is 0 Å². The normalized spacial score (nSPS) is 13.7. The van der Waals surface area contributed by atoms with E-state index in [0.717, 1.165) is 38.5 Å². The molecule has 0 spiro atoms. The van der Waals surface area contributed by atoms with E-state index in [2.05, 4.69) is 31.3 Å². The molecule has 84 heavy (non-hydrogen) atoms. The fourth-order valence-electron chi connectivity index (χ4n) is 11.8. The molecule has 0 radical (unpaired) electrons. The number of hydrogen-bond donors (Lipinski definition) is 2. The molecular formula is C75H149N2O6P. The zero-order chi connectivity index (χ0) is 61.2. The van der Waals surface area contributed by atoms with Crippen LogP contribution in [-0.2, 0) is 18.4 Å². The maximum Gasteiger partial charge on any atom is 0.268 e. The largest absolute Gasteiger partial charge is 0.756 e. The van der Waals surface area contributed by atoms with Crippen LogP contribution >= 0.6 is 7.82 Å². The summed E-state index contributed by atoms with van der Waals surface area (Å²) < 4.78 is 23.5. The highest BCUT2D eigenvalue weighted by Gasteiger charge is 2.23. The molecule has 1 amide bonds. The van der Waals surface area contributed by atoms with Crippen molar-refractivity contribution in [2.75, 3.05) is 40.9 Å². The molecule has 0 heterocycles. The molecule has 500 valence electrons. The number of carbonyl (C=O) groups excluding carboxylic acids is 1. The minimum absolute atomic E-state index is 0.00226. The first kappa shape index (κ1) is 83.0. The molecule has 0 fully saturated rings. The summed E-state index contributed by atoms with van der Waals surface area (Å²) in [6.07, 6.45) is 87.5. The summed E-state index contributed by atoms with van der Waals surface area (Å²) in [5.41, 5.74) is 0. The Morgan fingerprint density at radius 1 is 0.405 bits per heavy atom. The molecule has 0 aromatic heterocycles. The number of nitrogens with one attached hydrogen (secondary N) is 1. The Kier molecular flexibility index (Phi) is 65.6. The van der Waals surface area contributed by atoms with Crippen LogP contribution < -0.4 is 10.2 Å². The lowest BCUT2D eigenvalue weighted by Gasteiger charge is -2.29. The molecule has 8 nitrogen and oxygen atoms in total. The van der Waals surface area contributed by atoms with Gasteiger partial charge in [0.25, 0.3) is 7.82 Å². The summed E-state index contributed by atoms with van der Waals surface area (Å²) in [7, 11) is 1.28. The third kappa shape index (κ3) is 68.5. The van der Waals surface area contributed by atoms with Gasteiger partial charge in [-0.25, -0.2) is 0 Å². The number of carbonyl (C=O) groups is 1. The molecule has 2 N–H and O–H groups in total. The summed E-state index contributed by atoms with van der Waals surface area (Å²) in [6.45, 7) is 4.72. The second-order valence-corrected chi connectivity index (χ2v) is 28.8. The molecule has 0 saturated heterocycles. The van der Waals surface area contributed by atoms with Crippen LogP contribution in [0.25, 0.3) is 0 Å². The molecule has 9 heteroatoms. The highest BCUT2D eigenvalue weighted by atomic mass is 31.2. The van der Waals surface area contributed by atoms with Crippen LogP contribution in [0.4, 0.5) is 0 Å². The third-order valence-electron chi connectivity index (χ3n) is 17.7. The number of likely N-dealkylation sites (N-methyl/N-ethyl adjacent to an activating group) is 1. The number of aliphatic hydroxyl groups is 1. The fraction of sp³-hybridized carbons (Fsp3) is 0.933. The van der Waals surface area contributed by atoms with Gasteiger partial charge in [-0.05, 0) is 44.9 Å². The molecule has 0 bridgehead atoms. The van der Waals surface area contributed by atoms with E-state index in [0.29, 0.717) is 17.4 Å². The minimum Gasteiger partial charge on any atom is -0.756 e. The lowest BCUT2D eigenvalue weighted by Crippen LogP contribution is -2.45. The molecule has 0 rings (SSSR count). The van der Waals surface area contributed by atoms with Crippen molar-refractivity contribution in [1.29, 1.82) is 0 Å². The van der Waals surface area contributed by atoms with Crippen molar-refractivity contribution < 1.29 is 32.9 Å². The molecule has 0 aliphatic carbocycles. The van der Waals surface area contributed by atoms with Crippen LogP contribution in [0, 0.1) is 0 Å². The SMILES string of the molecule is CCCCCCCCCC/C=C\CCCCCCCCCCCCCCCCCCCCCCCCCC(=O)NC(COP(=O)([O-])OCC[N+](C)(C)C)C(O)/C=C/CCCCCCCCCCCCCCCCCCCCCCCCCCC. The maximum absolute atomic E-state index is 13.1. The third-order valence-corrected chi connectivity index (χ3v) is 18.6. The lowest BCUT2D eigenvalue weighted by atomic mass is 10.0. The number of nitrogens with zero attached hydrogens (tertiary/aromatic N) is 1. The first-order valence-electron chi connectivity index (χ1n) is 37.7. The Hall–Kier alpha value is -1.02. The van der Waals surface area contributed by atoms with Crippen LogP contribution in [0.3, 0.4) is 0 Å². The average molecular weight is 1210 g/mol. The highest BCUT2D eigenvalue weighted by molar-refractivity contribution is 7.45. The van der Waals surface area contributed by atoms with Crippen LogP contribution in [0.1, 0.15) is 399 Å². The van der Waals surface area contributed by atoms with Gasteiger partial charge in [0.05, 0.1) is 39.9 Å². The van der Waals surface area contributed by atoms with Crippen molar-refractivity contribution in [3.8, 4) is 0 Å². The molecule has 0 aromatic carbocycles. The molecule has 0 saturated carbocycles. The van der Waals surface area contributed by atoms with Gasteiger partial charge in [0, 0.05) is 6.42 Å². The molecular weight excluding hydrogens is 1060 g/mol. The number of aliphatic hydroxyl groups excluding tert-OH is 1. The van der Waals surface area contributed by atoms with E-state index >= 15 is 0 Å². The van der Waals surface area contributed by atoms with Gasteiger partial charge >= 0.3 is 0 Å². The molecule has 0 aliphatic heterocycles. The molecule has 3 unspecified atom stereocenters. The van der Waals surface area contributed by atoms with E-state index in [1.165, 1.54) is 340 Å². The number of rotatable bonds is 71. The van der Waals surface area contributed by atoms with Gasteiger partial charge in [0.1, 0.15) is 13.2 Å². The Labute approximate surface area is 525 Å². The highest BCUT2D eigenvalue weighted by Crippen LogP contribution is 2.38. The van der Waals surface area contributed by atoms with Crippen molar-refractivity contribution in [2.24, 2.45) is 0 Å². The number of unbranched alkanes of at least 4 members (excludes halogenated alkanes) is 56. The number of amides is 1. The van der Waals surface area contributed by atoms with E-state index in [9.17, 15) is 19.4 Å². The van der Waals surface area contributed by atoms with Crippen molar-refractivity contribution >= 4 is 13.7 Å². The predicted octanol–water partition coefficient (Wildman–Crippen LogP) is 23.6. The zero-order valence-corrected chi connectivity index (χ0v) is 58.3. The molecule has 3 atom stereocenters. The average Bonchev–Trinajstić information content (AvgIpc) is 3.56. The standard InChI is InChI=1S/C75H149N2O6P/c1-6-8-10-12-14-16-18-20-22-24-26-28-30-32-34-35-36-37-38-39-40-41-43-45-47-49-51-53-55-57-59-61-63-65-67-69-75(79)76-73(72-83-84(80,81)82-71-70-77(3,4)5)74(78)68-66-64-62-60-58-56-54-52-50-48-46-44-42-33-31-29-27-25-23-21-19-17-15-13-11-9-7-2/h24,26,66,68,73-74,78H,6-23,25,27-65,67,69-72H2,1-5H3,(H-,76,79,80,81)/b26-24-,68-66+. The number of hydrogen-bond acceptors (Lipinski definition) is 6. The first-order valence-corrected chi connectivity index (χ1v) is 39.2. The van der Waals surface area contributed by atoms with E-state index in [1.54, 1.807) is 6.08 Å². The van der Waals surface area contributed by atoms with Gasteiger partial charge < -0.3 is 28.8 Å².